The maximum absolute atomic E-state index is 8.57. The Morgan fingerprint density at radius 2 is 2.29 bits per heavy atom. The molecule has 0 fully saturated rings. The summed E-state index contributed by atoms with van der Waals surface area (Å²) in [7, 11) is 0. The SMILES string of the molecule is CC(C)(C)NCc1nccn1CC#N. The van der Waals surface area contributed by atoms with Crippen molar-refractivity contribution in [2.75, 3.05) is 0 Å². The predicted octanol–water partition coefficient (Wildman–Crippen LogP) is 1.29. The number of imidazole rings is 1. The van der Waals surface area contributed by atoms with Gasteiger partial charge in [-0.25, -0.2) is 4.98 Å². The highest BCUT2D eigenvalue weighted by Crippen LogP contribution is 2.02. The molecule has 76 valence electrons. The second kappa shape index (κ2) is 4.25. The Hall–Kier alpha value is -1.34. The van der Waals surface area contributed by atoms with Gasteiger partial charge in [-0.05, 0) is 20.8 Å². The quantitative estimate of drug-likeness (QED) is 0.785. The molecule has 14 heavy (non-hydrogen) atoms. The fraction of sp³-hybridized carbons (Fsp3) is 0.600. The van der Waals surface area contributed by atoms with Gasteiger partial charge < -0.3 is 9.88 Å². The van der Waals surface area contributed by atoms with E-state index in [1.54, 1.807) is 6.20 Å². The second-order valence-corrected chi connectivity index (χ2v) is 4.23. The number of nitrogens with zero attached hydrogens (tertiary/aromatic N) is 3. The molecule has 4 nitrogen and oxygen atoms in total. The van der Waals surface area contributed by atoms with Crippen LogP contribution < -0.4 is 5.32 Å². The number of nitrogens with one attached hydrogen (secondary N) is 1. The van der Waals surface area contributed by atoms with Gasteiger partial charge in [0.15, 0.2) is 0 Å². The van der Waals surface area contributed by atoms with Crippen molar-refractivity contribution in [2.45, 2.75) is 39.4 Å². The van der Waals surface area contributed by atoms with Crippen LogP contribution in [-0.2, 0) is 13.1 Å². The minimum Gasteiger partial charge on any atom is -0.320 e. The van der Waals surface area contributed by atoms with E-state index in [0.29, 0.717) is 13.1 Å². The second-order valence-electron chi connectivity index (χ2n) is 4.23. The third kappa shape index (κ3) is 3.19. The number of aromatic nitrogens is 2. The van der Waals surface area contributed by atoms with E-state index in [9.17, 15) is 0 Å². The lowest BCUT2D eigenvalue weighted by Crippen LogP contribution is -2.35. The van der Waals surface area contributed by atoms with Crippen molar-refractivity contribution in [3.63, 3.8) is 0 Å². The Bertz CT molecular complexity index is 327. The number of nitriles is 1. The van der Waals surface area contributed by atoms with Gasteiger partial charge in [-0.2, -0.15) is 5.26 Å². The van der Waals surface area contributed by atoms with Crippen LogP contribution in [-0.4, -0.2) is 15.1 Å². The lowest BCUT2D eigenvalue weighted by atomic mass is 10.1. The lowest BCUT2D eigenvalue weighted by Gasteiger charge is -2.20. The molecule has 0 aromatic carbocycles. The van der Waals surface area contributed by atoms with Gasteiger partial charge in [0.25, 0.3) is 0 Å². The summed E-state index contributed by atoms with van der Waals surface area (Å²) >= 11 is 0. The molecule has 0 saturated heterocycles. The lowest BCUT2D eigenvalue weighted by molar-refractivity contribution is 0.413. The summed E-state index contributed by atoms with van der Waals surface area (Å²) in [5, 5.41) is 11.9. The van der Waals surface area contributed by atoms with E-state index in [-0.39, 0.29) is 5.54 Å². The molecule has 0 spiro atoms. The summed E-state index contributed by atoms with van der Waals surface area (Å²) in [6.07, 6.45) is 3.54. The number of hydrogen-bond acceptors (Lipinski definition) is 3. The highest BCUT2D eigenvalue weighted by atomic mass is 15.1. The molecule has 0 atom stereocenters. The van der Waals surface area contributed by atoms with E-state index >= 15 is 0 Å². The van der Waals surface area contributed by atoms with E-state index in [1.807, 2.05) is 10.8 Å². The molecule has 0 aliphatic rings. The average Bonchev–Trinajstić information content (AvgIpc) is 2.48. The molecule has 0 radical (unpaired) electrons. The summed E-state index contributed by atoms with van der Waals surface area (Å²) in [4.78, 5) is 4.19. The summed E-state index contributed by atoms with van der Waals surface area (Å²) in [6, 6.07) is 2.10. The molecule has 1 aromatic heterocycles. The van der Waals surface area contributed by atoms with Crippen LogP contribution in [0.25, 0.3) is 0 Å². The maximum Gasteiger partial charge on any atom is 0.123 e. The molecule has 0 aliphatic heterocycles. The zero-order chi connectivity index (χ0) is 10.6. The topological polar surface area (TPSA) is 53.6 Å². The Labute approximate surface area is 84.6 Å². The fourth-order valence-corrected chi connectivity index (χ4v) is 1.07. The Kier molecular flexibility index (Phi) is 3.26. The van der Waals surface area contributed by atoms with Crippen molar-refractivity contribution < 1.29 is 0 Å². The van der Waals surface area contributed by atoms with E-state index in [0.717, 1.165) is 5.82 Å². The van der Waals surface area contributed by atoms with Crippen LogP contribution in [0.4, 0.5) is 0 Å². The Morgan fingerprint density at radius 1 is 1.57 bits per heavy atom. The largest absolute Gasteiger partial charge is 0.320 e. The molecule has 1 N–H and O–H groups in total. The molecule has 1 aromatic rings. The van der Waals surface area contributed by atoms with Crippen molar-refractivity contribution in [2.24, 2.45) is 0 Å². The molecule has 0 unspecified atom stereocenters. The molecule has 0 saturated carbocycles. The number of rotatable bonds is 3. The Balaban J connectivity index is 2.59. The maximum atomic E-state index is 8.57. The number of hydrogen-bond donors (Lipinski definition) is 1. The third-order valence-electron chi connectivity index (χ3n) is 1.82. The molecular formula is C10H16N4. The van der Waals surface area contributed by atoms with Crippen molar-refractivity contribution in [1.82, 2.24) is 14.9 Å². The zero-order valence-electron chi connectivity index (χ0n) is 8.91. The monoisotopic (exact) mass is 192 g/mol. The molecule has 0 aliphatic carbocycles. The molecule has 1 rings (SSSR count). The van der Waals surface area contributed by atoms with Crippen LogP contribution in [0.15, 0.2) is 12.4 Å². The zero-order valence-corrected chi connectivity index (χ0v) is 8.91. The van der Waals surface area contributed by atoms with Gasteiger partial charge in [-0.15, -0.1) is 0 Å². The van der Waals surface area contributed by atoms with Gasteiger partial charge in [0.2, 0.25) is 0 Å². The van der Waals surface area contributed by atoms with Gasteiger partial charge >= 0.3 is 0 Å². The van der Waals surface area contributed by atoms with Gasteiger partial charge in [-0.1, -0.05) is 0 Å². The highest BCUT2D eigenvalue weighted by molar-refractivity contribution is 4.95. The molecule has 1 heterocycles. The van der Waals surface area contributed by atoms with E-state index in [4.69, 9.17) is 5.26 Å². The van der Waals surface area contributed by atoms with Crippen LogP contribution in [0.5, 0.6) is 0 Å². The molecule has 0 amide bonds. The van der Waals surface area contributed by atoms with Crippen molar-refractivity contribution >= 4 is 0 Å². The Morgan fingerprint density at radius 3 is 2.86 bits per heavy atom. The van der Waals surface area contributed by atoms with Gasteiger partial charge in [-0.3, -0.25) is 0 Å². The highest BCUT2D eigenvalue weighted by Gasteiger charge is 2.10. The first kappa shape index (κ1) is 10.7. The standard InChI is InChI=1S/C10H16N4/c1-10(2,3)13-8-9-12-5-7-14(9)6-4-11/h5,7,13H,6,8H2,1-3H3. The smallest absolute Gasteiger partial charge is 0.123 e. The van der Waals surface area contributed by atoms with Crippen molar-refractivity contribution in [1.29, 1.82) is 5.26 Å². The first-order valence-electron chi connectivity index (χ1n) is 4.65. The average molecular weight is 192 g/mol. The normalized spacial score (nSPS) is 11.3. The summed E-state index contributed by atoms with van der Waals surface area (Å²) in [6.45, 7) is 7.36. The third-order valence-corrected chi connectivity index (χ3v) is 1.82. The minimum absolute atomic E-state index is 0.0728. The molecule has 4 heteroatoms. The minimum atomic E-state index is 0.0728. The summed E-state index contributed by atoms with van der Waals surface area (Å²) in [5.41, 5.74) is 0.0728. The van der Waals surface area contributed by atoms with Crippen LogP contribution in [0.3, 0.4) is 0 Å². The first-order valence-corrected chi connectivity index (χ1v) is 4.65. The van der Waals surface area contributed by atoms with E-state index in [1.165, 1.54) is 0 Å². The summed E-state index contributed by atoms with van der Waals surface area (Å²) in [5.74, 6) is 0.904. The predicted molar refractivity (Wildman–Crippen MR) is 54.4 cm³/mol. The van der Waals surface area contributed by atoms with Crippen LogP contribution in [0.2, 0.25) is 0 Å². The first-order chi connectivity index (χ1) is 6.53. The van der Waals surface area contributed by atoms with Crippen LogP contribution >= 0.6 is 0 Å². The van der Waals surface area contributed by atoms with Gasteiger partial charge in [0.1, 0.15) is 12.4 Å². The van der Waals surface area contributed by atoms with Gasteiger partial charge in [0.05, 0.1) is 12.6 Å². The van der Waals surface area contributed by atoms with Crippen LogP contribution in [0.1, 0.15) is 26.6 Å². The molecule has 0 bridgehead atoms. The fourth-order valence-electron chi connectivity index (χ4n) is 1.07. The van der Waals surface area contributed by atoms with E-state index in [2.05, 4.69) is 37.1 Å². The van der Waals surface area contributed by atoms with E-state index < -0.39 is 0 Å². The van der Waals surface area contributed by atoms with Crippen LogP contribution in [0, 0.1) is 11.3 Å². The summed E-state index contributed by atoms with van der Waals surface area (Å²) < 4.78 is 1.85. The van der Waals surface area contributed by atoms with Gasteiger partial charge in [0, 0.05) is 17.9 Å². The van der Waals surface area contributed by atoms with Crippen molar-refractivity contribution in [3.8, 4) is 6.07 Å². The van der Waals surface area contributed by atoms with Crippen molar-refractivity contribution in [3.05, 3.63) is 18.2 Å². The molecular weight excluding hydrogens is 176 g/mol.